The maximum atomic E-state index is 13.6. The summed E-state index contributed by atoms with van der Waals surface area (Å²) in [5.41, 5.74) is 4.65. The Kier molecular flexibility index (Phi) is 7.70. The van der Waals surface area contributed by atoms with Crippen LogP contribution in [0.3, 0.4) is 0 Å². The number of thiophene rings is 1. The fourth-order valence-corrected chi connectivity index (χ4v) is 7.05. The molecule has 0 radical (unpaired) electrons. The van der Waals surface area contributed by atoms with E-state index in [-0.39, 0.29) is 35.5 Å². The highest BCUT2D eigenvalue weighted by atomic mass is 32.1. The van der Waals surface area contributed by atoms with Crippen molar-refractivity contribution < 1.29 is 24.4 Å². The van der Waals surface area contributed by atoms with Crippen LogP contribution >= 0.6 is 11.3 Å². The highest BCUT2D eigenvalue weighted by Crippen LogP contribution is 2.51. The lowest BCUT2D eigenvalue weighted by Crippen LogP contribution is -2.46. The molecule has 8 heteroatoms. The van der Waals surface area contributed by atoms with Gasteiger partial charge in [0.05, 0.1) is 24.5 Å². The molecular weight excluding hydrogens is 485 g/mol. The second-order valence-electron chi connectivity index (χ2n) is 10.3. The number of phenols is 1. The highest BCUT2D eigenvalue weighted by molar-refractivity contribution is 7.09. The van der Waals surface area contributed by atoms with Crippen molar-refractivity contribution in [1.29, 1.82) is 0 Å². The van der Waals surface area contributed by atoms with Crippen molar-refractivity contribution in [3.05, 3.63) is 68.9 Å². The number of likely N-dealkylation sites (tertiary alicyclic amines) is 1. The minimum absolute atomic E-state index is 0.0731. The second-order valence-corrected chi connectivity index (χ2v) is 11.3. The first kappa shape index (κ1) is 26.0. The third kappa shape index (κ3) is 5.20. The summed E-state index contributed by atoms with van der Waals surface area (Å²) >= 11 is 1.55. The Morgan fingerprint density at radius 2 is 1.95 bits per heavy atom. The van der Waals surface area contributed by atoms with E-state index in [9.17, 15) is 19.7 Å². The molecule has 3 aliphatic rings. The van der Waals surface area contributed by atoms with Crippen LogP contribution in [0.1, 0.15) is 56.4 Å². The number of amides is 2. The number of hydrogen-bond acceptors (Lipinski definition) is 6. The van der Waals surface area contributed by atoms with E-state index in [1.165, 1.54) is 16.0 Å². The normalized spacial score (nSPS) is 26.1. The number of nitrogens with zero attached hydrogens (tertiary/aromatic N) is 1. The predicted molar refractivity (Wildman–Crippen MR) is 146 cm³/mol. The van der Waals surface area contributed by atoms with Crippen molar-refractivity contribution in [3.63, 3.8) is 0 Å². The average molecular weight is 519 g/mol. The summed E-state index contributed by atoms with van der Waals surface area (Å²) < 4.78 is 6.10. The van der Waals surface area contributed by atoms with Gasteiger partial charge in [-0.15, -0.1) is 11.3 Å². The third-order valence-electron chi connectivity index (χ3n) is 8.17. The van der Waals surface area contributed by atoms with Gasteiger partial charge >= 0.3 is 7.12 Å². The number of phenolic OH excluding ortho intramolecular Hbond substituents is 1. The summed E-state index contributed by atoms with van der Waals surface area (Å²) in [6.07, 6.45) is 6.02. The van der Waals surface area contributed by atoms with Gasteiger partial charge in [-0.05, 0) is 79.1 Å². The molecule has 0 bridgehead atoms. The molecule has 2 aliphatic heterocycles. The second kappa shape index (κ2) is 11.0. The lowest BCUT2D eigenvalue weighted by Gasteiger charge is -2.43. The average Bonchev–Trinajstić information content (AvgIpc) is 3.49. The summed E-state index contributed by atoms with van der Waals surface area (Å²) in [5.74, 6) is -0.862. The van der Waals surface area contributed by atoms with E-state index in [2.05, 4.69) is 19.9 Å². The molecule has 2 saturated heterocycles. The van der Waals surface area contributed by atoms with Gasteiger partial charge < -0.3 is 14.8 Å². The van der Waals surface area contributed by atoms with Crippen molar-refractivity contribution in [2.24, 2.45) is 17.8 Å². The summed E-state index contributed by atoms with van der Waals surface area (Å²) in [7, 11) is -0.948. The Bertz CT molecular complexity index is 1210. The zero-order chi connectivity index (χ0) is 26.1. The van der Waals surface area contributed by atoms with Gasteiger partial charge in [0.1, 0.15) is 5.75 Å². The summed E-state index contributed by atoms with van der Waals surface area (Å²) in [6.45, 7) is 4.56. The number of benzene rings is 1. The lowest BCUT2D eigenvalue weighted by molar-refractivity contribution is -0.140. The molecule has 37 heavy (non-hydrogen) atoms. The smallest absolute Gasteiger partial charge is 0.455 e. The Morgan fingerprint density at radius 3 is 2.62 bits per heavy atom. The van der Waals surface area contributed by atoms with Crippen molar-refractivity contribution in [3.8, 4) is 5.75 Å². The number of aromatic hydroxyl groups is 1. The SMILES string of the molecule is CCC1=C2[C@@H](CC/C(=C/c3ccc(O)cc3)CC)OB(O)C[C@@H]2[C@@H]2C(=O)N(Cc3cccs3)C(=O)[C@@H]2C1. The van der Waals surface area contributed by atoms with Crippen molar-refractivity contribution >= 4 is 36.3 Å². The monoisotopic (exact) mass is 519 g/mol. The predicted octanol–water partition coefficient (Wildman–Crippen LogP) is 5.43. The molecule has 4 atom stereocenters. The van der Waals surface area contributed by atoms with Gasteiger partial charge in [-0.25, -0.2) is 0 Å². The fourth-order valence-electron chi connectivity index (χ4n) is 6.36. The molecule has 1 aromatic heterocycles. The molecule has 0 spiro atoms. The number of carbonyl (C=O) groups is 2. The van der Waals surface area contributed by atoms with E-state index in [4.69, 9.17) is 4.65 Å². The van der Waals surface area contributed by atoms with E-state index in [1.54, 1.807) is 23.5 Å². The first-order chi connectivity index (χ1) is 17.9. The Hall–Kier alpha value is -2.68. The molecule has 6 nitrogen and oxygen atoms in total. The quantitative estimate of drug-likeness (QED) is 0.276. The van der Waals surface area contributed by atoms with Crippen molar-refractivity contribution in [2.45, 2.75) is 64.9 Å². The molecule has 2 N–H and O–H groups in total. The number of allylic oxidation sites excluding steroid dienone is 2. The van der Waals surface area contributed by atoms with Crippen LogP contribution in [0.5, 0.6) is 5.75 Å². The van der Waals surface area contributed by atoms with E-state index in [1.807, 2.05) is 29.6 Å². The van der Waals surface area contributed by atoms with Gasteiger partial charge in [0.25, 0.3) is 0 Å². The zero-order valence-electron chi connectivity index (χ0n) is 21.4. The lowest BCUT2D eigenvalue weighted by atomic mass is 9.58. The Morgan fingerprint density at radius 1 is 1.16 bits per heavy atom. The van der Waals surface area contributed by atoms with Gasteiger partial charge in [0.2, 0.25) is 11.8 Å². The zero-order valence-corrected chi connectivity index (χ0v) is 22.2. The molecule has 5 rings (SSSR count). The largest absolute Gasteiger partial charge is 0.508 e. The summed E-state index contributed by atoms with van der Waals surface area (Å²) in [4.78, 5) is 29.5. The molecule has 1 aromatic carbocycles. The minimum atomic E-state index is -0.948. The van der Waals surface area contributed by atoms with Crippen LogP contribution in [-0.2, 0) is 20.8 Å². The van der Waals surface area contributed by atoms with E-state index < -0.39 is 13.0 Å². The molecule has 194 valence electrons. The Balaban J connectivity index is 1.38. The number of hydrogen-bond donors (Lipinski definition) is 2. The van der Waals surface area contributed by atoms with Crippen LogP contribution < -0.4 is 0 Å². The molecular formula is C29H34BNO5S. The summed E-state index contributed by atoms with van der Waals surface area (Å²) in [6, 6.07) is 11.1. The maximum Gasteiger partial charge on any atom is 0.455 e. The standard InChI is InChI=1S/C29H34BNO5S/c1-3-18(14-19-7-10-21(32)11-8-19)9-12-25-26-20(4-2)15-23-27(24(26)16-30(35)36-25)29(34)31(28(23)33)17-22-6-5-13-37-22/h5-8,10-11,13-14,23-25,27,32,35H,3-4,9,12,15-17H2,1-2H3/b18-14+/t23-,24+,25-,27-/m1/s1. The van der Waals surface area contributed by atoms with Crippen LogP contribution in [0.25, 0.3) is 6.08 Å². The molecule has 3 heterocycles. The van der Waals surface area contributed by atoms with Crippen molar-refractivity contribution in [1.82, 2.24) is 4.90 Å². The van der Waals surface area contributed by atoms with Crippen molar-refractivity contribution in [2.75, 3.05) is 0 Å². The minimum Gasteiger partial charge on any atom is -0.508 e. The number of carbonyl (C=O) groups excluding carboxylic acids is 2. The molecule has 1 aliphatic carbocycles. The maximum absolute atomic E-state index is 13.6. The Labute approximate surface area is 222 Å². The van der Waals surface area contributed by atoms with Gasteiger partial charge in [0.15, 0.2) is 0 Å². The number of rotatable bonds is 8. The molecule has 0 saturated carbocycles. The van der Waals surface area contributed by atoms with Crippen LogP contribution in [0.15, 0.2) is 58.5 Å². The highest BCUT2D eigenvalue weighted by Gasteiger charge is 2.57. The van der Waals surface area contributed by atoms with E-state index in [0.29, 0.717) is 25.7 Å². The summed E-state index contributed by atoms with van der Waals surface area (Å²) in [5, 5.41) is 22.2. The first-order valence-electron chi connectivity index (χ1n) is 13.3. The molecule has 2 amide bonds. The van der Waals surface area contributed by atoms with Crippen LogP contribution in [-0.4, -0.2) is 40.1 Å². The van der Waals surface area contributed by atoms with Gasteiger partial charge in [-0.3, -0.25) is 14.5 Å². The third-order valence-corrected chi connectivity index (χ3v) is 9.03. The molecule has 0 unspecified atom stereocenters. The van der Waals surface area contributed by atoms with E-state index in [0.717, 1.165) is 35.3 Å². The van der Waals surface area contributed by atoms with Crippen LogP contribution in [0.4, 0.5) is 0 Å². The number of imide groups is 1. The molecule has 2 aromatic rings. The van der Waals surface area contributed by atoms with E-state index >= 15 is 0 Å². The van der Waals surface area contributed by atoms with Gasteiger partial charge in [-0.2, -0.15) is 0 Å². The van der Waals surface area contributed by atoms with Gasteiger partial charge in [-0.1, -0.05) is 49.3 Å². The fraction of sp³-hybridized carbons (Fsp3) is 0.448. The topological polar surface area (TPSA) is 87.1 Å². The molecule has 2 fully saturated rings. The van der Waals surface area contributed by atoms with Gasteiger partial charge in [0, 0.05) is 4.88 Å². The first-order valence-corrected chi connectivity index (χ1v) is 14.2. The van der Waals surface area contributed by atoms with Crippen LogP contribution in [0, 0.1) is 17.8 Å². The van der Waals surface area contributed by atoms with Crippen LogP contribution in [0.2, 0.25) is 6.32 Å². The number of fused-ring (bicyclic) bond motifs is 3.